The Morgan fingerprint density at radius 2 is 2.38 bits per heavy atom. The Morgan fingerprint density at radius 1 is 1.62 bits per heavy atom. The second kappa shape index (κ2) is 6.55. The van der Waals surface area contributed by atoms with Crippen LogP contribution in [0.15, 0.2) is 11.5 Å². The van der Waals surface area contributed by atoms with E-state index in [4.69, 9.17) is 14.8 Å². The van der Waals surface area contributed by atoms with Crippen LogP contribution < -0.4 is 0 Å². The minimum absolute atomic E-state index is 0.323. The molecule has 0 radical (unpaired) electrons. The third-order valence-electron chi connectivity index (χ3n) is 2.56. The van der Waals surface area contributed by atoms with Crippen molar-refractivity contribution < 1.29 is 19.6 Å². The third kappa shape index (κ3) is 3.86. The van der Waals surface area contributed by atoms with Crippen LogP contribution in [0, 0.1) is 0 Å². The summed E-state index contributed by atoms with van der Waals surface area (Å²) < 4.78 is 5.05. The molecule has 0 fully saturated rings. The maximum Gasteiger partial charge on any atom is 0.483 e. The highest BCUT2D eigenvalue weighted by atomic mass is 16.6. The van der Waals surface area contributed by atoms with E-state index in [2.05, 4.69) is 0 Å². The molecule has 0 atom stereocenters. The molecule has 16 heavy (non-hydrogen) atoms. The summed E-state index contributed by atoms with van der Waals surface area (Å²) in [5, 5.41) is 17.9. The van der Waals surface area contributed by atoms with Crippen LogP contribution in [0.5, 0.6) is 0 Å². The lowest BCUT2D eigenvalue weighted by Crippen LogP contribution is -2.37. The van der Waals surface area contributed by atoms with Gasteiger partial charge in [-0.15, -0.1) is 0 Å². The zero-order valence-corrected chi connectivity index (χ0v) is 9.56. The van der Waals surface area contributed by atoms with Crippen molar-refractivity contribution in [2.24, 2.45) is 0 Å². The first-order valence-corrected chi connectivity index (χ1v) is 5.62. The molecule has 1 aliphatic rings. The molecule has 6 heteroatoms. The topological polar surface area (TPSA) is 70.0 Å². The van der Waals surface area contributed by atoms with Gasteiger partial charge in [0.25, 0.3) is 0 Å². The predicted molar refractivity (Wildman–Crippen MR) is 60.7 cm³/mol. The van der Waals surface area contributed by atoms with Gasteiger partial charge >= 0.3 is 13.2 Å². The van der Waals surface area contributed by atoms with E-state index < -0.39 is 7.12 Å². The molecule has 0 aliphatic carbocycles. The van der Waals surface area contributed by atoms with Gasteiger partial charge in [0.05, 0.1) is 6.61 Å². The summed E-state index contributed by atoms with van der Waals surface area (Å²) in [6.45, 7) is 3.35. The molecule has 2 N–H and O–H groups in total. The van der Waals surface area contributed by atoms with Crippen molar-refractivity contribution in [1.29, 1.82) is 0 Å². The number of carbonyl (C=O) groups is 1. The van der Waals surface area contributed by atoms with Gasteiger partial charge in [-0.25, -0.2) is 4.79 Å². The smallest absolute Gasteiger partial charge is 0.449 e. The molecule has 1 rings (SSSR count). The van der Waals surface area contributed by atoms with E-state index in [9.17, 15) is 4.79 Å². The summed E-state index contributed by atoms with van der Waals surface area (Å²) in [6.07, 6.45) is 3.69. The minimum atomic E-state index is -1.40. The zero-order chi connectivity index (χ0) is 12.0. The van der Waals surface area contributed by atoms with Gasteiger partial charge in [-0.1, -0.05) is 19.4 Å². The van der Waals surface area contributed by atoms with E-state index >= 15 is 0 Å². The first kappa shape index (κ1) is 13.1. The SMILES string of the molecule is CCCCOC(=O)N1CC=C(B(O)O)CC1. The van der Waals surface area contributed by atoms with Crippen LogP contribution in [0.1, 0.15) is 26.2 Å². The molecule has 0 unspecified atom stereocenters. The van der Waals surface area contributed by atoms with Crippen LogP contribution in [-0.2, 0) is 4.74 Å². The van der Waals surface area contributed by atoms with Gasteiger partial charge in [0.2, 0.25) is 0 Å². The minimum Gasteiger partial charge on any atom is -0.449 e. The molecule has 1 heterocycles. The van der Waals surface area contributed by atoms with Gasteiger partial charge < -0.3 is 19.7 Å². The van der Waals surface area contributed by atoms with Gasteiger partial charge in [0.1, 0.15) is 0 Å². The third-order valence-corrected chi connectivity index (χ3v) is 2.56. The van der Waals surface area contributed by atoms with E-state index in [0.29, 0.717) is 31.6 Å². The van der Waals surface area contributed by atoms with Gasteiger partial charge in [0.15, 0.2) is 0 Å². The lowest BCUT2D eigenvalue weighted by molar-refractivity contribution is 0.104. The molecular formula is C10H18BNO4. The quantitative estimate of drug-likeness (QED) is 0.544. The normalized spacial score (nSPS) is 15.7. The Labute approximate surface area is 95.8 Å². The van der Waals surface area contributed by atoms with Crippen molar-refractivity contribution in [3.8, 4) is 0 Å². The van der Waals surface area contributed by atoms with Crippen LogP contribution in [0.4, 0.5) is 4.79 Å². The summed E-state index contributed by atoms with van der Waals surface area (Å²) in [7, 11) is -1.40. The van der Waals surface area contributed by atoms with Gasteiger partial charge in [0, 0.05) is 13.1 Å². The molecule has 0 saturated carbocycles. The Hall–Kier alpha value is -1.01. The lowest BCUT2D eigenvalue weighted by Gasteiger charge is -2.25. The molecule has 0 bridgehead atoms. The maximum absolute atomic E-state index is 11.5. The van der Waals surface area contributed by atoms with Crippen LogP contribution in [-0.4, -0.2) is 47.9 Å². The van der Waals surface area contributed by atoms with Crippen molar-refractivity contribution in [1.82, 2.24) is 4.90 Å². The Balaban J connectivity index is 2.33. The number of unbranched alkanes of at least 4 members (excludes halogenated alkanes) is 1. The first-order valence-electron chi connectivity index (χ1n) is 5.62. The van der Waals surface area contributed by atoms with E-state index in [1.165, 1.54) is 0 Å². The first-order chi connectivity index (χ1) is 7.65. The van der Waals surface area contributed by atoms with Crippen molar-refractivity contribution in [2.75, 3.05) is 19.7 Å². The lowest BCUT2D eigenvalue weighted by atomic mass is 9.76. The molecule has 1 aliphatic heterocycles. The number of hydrogen-bond donors (Lipinski definition) is 2. The fourth-order valence-corrected chi connectivity index (χ4v) is 1.48. The molecule has 0 aromatic heterocycles. The number of amides is 1. The highest BCUT2D eigenvalue weighted by Crippen LogP contribution is 2.12. The summed E-state index contributed by atoms with van der Waals surface area (Å²) >= 11 is 0. The van der Waals surface area contributed by atoms with Crippen LogP contribution in [0.2, 0.25) is 0 Å². The Morgan fingerprint density at radius 3 is 2.88 bits per heavy atom. The molecule has 0 aromatic rings. The van der Waals surface area contributed by atoms with Crippen molar-refractivity contribution in [3.05, 3.63) is 11.5 Å². The van der Waals surface area contributed by atoms with Crippen LogP contribution in [0.3, 0.4) is 0 Å². The van der Waals surface area contributed by atoms with E-state index in [1.807, 2.05) is 6.92 Å². The molecular weight excluding hydrogens is 209 g/mol. The summed E-state index contributed by atoms with van der Waals surface area (Å²) in [4.78, 5) is 13.1. The Bertz CT molecular complexity index is 268. The maximum atomic E-state index is 11.5. The number of carbonyl (C=O) groups excluding carboxylic acids is 1. The van der Waals surface area contributed by atoms with Gasteiger partial charge in [-0.2, -0.15) is 0 Å². The van der Waals surface area contributed by atoms with E-state index in [0.717, 1.165) is 12.8 Å². The van der Waals surface area contributed by atoms with Crippen molar-refractivity contribution in [3.63, 3.8) is 0 Å². The van der Waals surface area contributed by atoms with Crippen molar-refractivity contribution in [2.45, 2.75) is 26.2 Å². The monoisotopic (exact) mass is 227 g/mol. The number of ether oxygens (including phenoxy) is 1. The summed E-state index contributed by atoms with van der Waals surface area (Å²) in [5.74, 6) is 0. The number of hydrogen-bond acceptors (Lipinski definition) is 4. The second-order valence-corrected chi connectivity index (χ2v) is 3.82. The predicted octanol–water partition coefficient (Wildman–Crippen LogP) is 0.567. The average Bonchev–Trinajstić information content (AvgIpc) is 2.29. The summed E-state index contributed by atoms with van der Waals surface area (Å²) in [6, 6.07) is 0. The van der Waals surface area contributed by atoms with Gasteiger partial charge in [-0.05, 0) is 18.3 Å². The Kier molecular flexibility index (Phi) is 5.35. The fraction of sp³-hybridized carbons (Fsp3) is 0.700. The van der Waals surface area contributed by atoms with Crippen LogP contribution in [0.25, 0.3) is 0 Å². The summed E-state index contributed by atoms with van der Waals surface area (Å²) in [5.41, 5.74) is 0.567. The molecule has 1 amide bonds. The largest absolute Gasteiger partial charge is 0.483 e. The number of rotatable bonds is 4. The van der Waals surface area contributed by atoms with Crippen LogP contribution >= 0.6 is 0 Å². The highest BCUT2D eigenvalue weighted by Gasteiger charge is 2.23. The number of nitrogens with zero attached hydrogens (tertiary/aromatic N) is 1. The fourth-order valence-electron chi connectivity index (χ4n) is 1.48. The zero-order valence-electron chi connectivity index (χ0n) is 9.56. The molecule has 0 saturated heterocycles. The molecule has 90 valence electrons. The highest BCUT2D eigenvalue weighted by molar-refractivity contribution is 6.50. The molecule has 5 nitrogen and oxygen atoms in total. The molecule has 0 aromatic carbocycles. The van der Waals surface area contributed by atoms with E-state index in [-0.39, 0.29) is 6.09 Å². The van der Waals surface area contributed by atoms with Gasteiger partial charge in [-0.3, -0.25) is 0 Å². The molecule has 0 spiro atoms. The van der Waals surface area contributed by atoms with Crippen molar-refractivity contribution >= 4 is 13.2 Å². The second-order valence-electron chi connectivity index (χ2n) is 3.82. The average molecular weight is 227 g/mol. The standard InChI is InChI=1S/C10H18BNO4/c1-2-3-8-16-10(13)12-6-4-9(5-7-12)11(14)15/h4,14-15H,2-3,5-8H2,1H3. The van der Waals surface area contributed by atoms with E-state index in [1.54, 1.807) is 11.0 Å².